The molecule has 2 N–H and O–H groups in total. The lowest BCUT2D eigenvalue weighted by molar-refractivity contribution is -0.135. The molecule has 10 heteroatoms. The van der Waals surface area contributed by atoms with Gasteiger partial charge in [0, 0.05) is 0 Å². The fraction of sp³-hybridized carbons (Fsp3) is 0.133. The summed E-state index contributed by atoms with van der Waals surface area (Å²) in [6, 6.07) is 6.59. The number of hydrogen-bond donors (Lipinski definition) is 2. The zero-order chi connectivity index (χ0) is 18.0. The summed E-state index contributed by atoms with van der Waals surface area (Å²) in [6.45, 7) is 0. The van der Waals surface area contributed by atoms with Gasteiger partial charge in [-0.2, -0.15) is 0 Å². The van der Waals surface area contributed by atoms with E-state index in [0.717, 1.165) is 23.5 Å². The van der Waals surface area contributed by atoms with Crippen LogP contribution in [-0.4, -0.2) is 32.6 Å². The predicted octanol–water partition coefficient (Wildman–Crippen LogP) is 1.82. The molecule has 2 aliphatic heterocycles. The number of benzene rings is 1. The second-order valence-corrected chi connectivity index (χ2v) is 7.88. The quantitative estimate of drug-likeness (QED) is 0.345. The molecule has 0 spiro atoms. The number of esters is 1. The number of rotatable bonds is 4. The molecular formula is C15H10N2O5S3. The molecule has 1 unspecified atom stereocenters. The molecule has 2 heterocycles. The van der Waals surface area contributed by atoms with E-state index in [-0.39, 0.29) is 18.1 Å². The fourth-order valence-corrected chi connectivity index (χ4v) is 3.94. The first-order valence-corrected chi connectivity index (χ1v) is 9.08. The van der Waals surface area contributed by atoms with Crippen LogP contribution >= 0.6 is 35.7 Å². The van der Waals surface area contributed by atoms with Gasteiger partial charge in [-0.3, -0.25) is 24.5 Å². The number of amides is 3. The summed E-state index contributed by atoms with van der Waals surface area (Å²) in [4.78, 5) is 46.6. The van der Waals surface area contributed by atoms with Crippen LogP contribution in [0.15, 0.2) is 29.2 Å². The number of thiocarbonyl (C=S) groups is 1. The Balaban J connectivity index is 1.66. The number of carbonyl (C=O) groups is 4. The van der Waals surface area contributed by atoms with E-state index in [2.05, 4.69) is 10.6 Å². The van der Waals surface area contributed by atoms with Crippen LogP contribution in [0.1, 0.15) is 12.0 Å². The SMILES string of the molecule is O=C(CC1SC(=O)NC1=O)Oc1cccc(/C=C2\SC(=S)NC2=O)c1. The lowest BCUT2D eigenvalue weighted by Gasteiger charge is -2.07. The molecule has 1 atom stereocenters. The van der Waals surface area contributed by atoms with E-state index in [0.29, 0.717) is 14.8 Å². The molecule has 0 aliphatic carbocycles. The number of imide groups is 1. The lowest BCUT2D eigenvalue weighted by Crippen LogP contribution is -2.27. The summed E-state index contributed by atoms with van der Waals surface area (Å²) in [5, 5.41) is 3.38. The number of hydrogen-bond acceptors (Lipinski definition) is 8. The number of thioether (sulfide) groups is 2. The van der Waals surface area contributed by atoms with Gasteiger partial charge >= 0.3 is 5.97 Å². The Morgan fingerprint density at radius 3 is 2.72 bits per heavy atom. The zero-order valence-corrected chi connectivity index (χ0v) is 14.9. The van der Waals surface area contributed by atoms with Crippen molar-refractivity contribution in [3.05, 3.63) is 34.7 Å². The molecule has 3 rings (SSSR count). The molecule has 2 fully saturated rings. The first-order chi connectivity index (χ1) is 11.9. The third-order valence-corrected chi connectivity index (χ3v) is 5.29. The Morgan fingerprint density at radius 1 is 1.28 bits per heavy atom. The van der Waals surface area contributed by atoms with Crippen LogP contribution in [0, 0.1) is 0 Å². The van der Waals surface area contributed by atoms with Gasteiger partial charge in [-0.15, -0.1) is 0 Å². The molecule has 25 heavy (non-hydrogen) atoms. The largest absolute Gasteiger partial charge is 0.426 e. The molecule has 0 bridgehead atoms. The van der Waals surface area contributed by atoms with Gasteiger partial charge in [0.25, 0.3) is 11.1 Å². The molecule has 3 amide bonds. The molecule has 7 nitrogen and oxygen atoms in total. The summed E-state index contributed by atoms with van der Waals surface area (Å²) < 4.78 is 5.60. The van der Waals surface area contributed by atoms with Crippen molar-refractivity contribution in [1.82, 2.24) is 10.6 Å². The monoisotopic (exact) mass is 394 g/mol. The summed E-state index contributed by atoms with van der Waals surface area (Å²) in [5.74, 6) is -1.11. The predicted molar refractivity (Wildman–Crippen MR) is 97.9 cm³/mol. The van der Waals surface area contributed by atoms with Gasteiger partial charge < -0.3 is 10.1 Å². The van der Waals surface area contributed by atoms with Crippen molar-refractivity contribution in [3.63, 3.8) is 0 Å². The zero-order valence-electron chi connectivity index (χ0n) is 12.4. The normalized spacial score (nSPS) is 21.4. The van der Waals surface area contributed by atoms with Gasteiger partial charge in [-0.1, -0.05) is 47.9 Å². The van der Waals surface area contributed by atoms with Crippen molar-refractivity contribution in [2.75, 3.05) is 0 Å². The maximum absolute atomic E-state index is 11.9. The second kappa shape index (κ2) is 7.38. The number of nitrogens with one attached hydrogen (secondary N) is 2. The average Bonchev–Trinajstić information content (AvgIpc) is 3.00. The highest BCUT2D eigenvalue weighted by Gasteiger charge is 2.33. The average molecular weight is 394 g/mol. The Hall–Kier alpha value is -2.17. The Kier molecular flexibility index (Phi) is 5.21. The van der Waals surface area contributed by atoms with Crippen molar-refractivity contribution in [2.24, 2.45) is 0 Å². The smallest absolute Gasteiger partial charge is 0.312 e. The van der Waals surface area contributed by atoms with Crippen LogP contribution in [0.2, 0.25) is 0 Å². The Morgan fingerprint density at radius 2 is 2.08 bits per heavy atom. The maximum atomic E-state index is 11.9. The molecule has 1 aromatic carbocycles. The number of ether oxygens (including phenoxy) is 1. The van der Waals surface area contributed by atoms with Gasteiger partial charge in [-0.25, -0.2) is 0 Å². The van der Waals surface area contributed by atoms with E-state index in [9.17, 15) is 19.2 Å². The van der Waals surface area contributed by atoms with Crippen molar-refractivity contribution >= 4 is 69.2 Å². The highest BCUT2D eigenvalue weighted by Crippen LogP contribution is 2.27. The van der Waals surface area contributed by atoms with Gasteiger partial charge in [0.15, 0.2) is 0 Å². The molecule has 0 saturated carbocycles. The van der Waals surface area contributed by atoms with E-state index in [1.54, 1.807) is 30.3 Å². The van der Waals surface area contributed by atoms with Crippen LogP contribution < -0.4 is 15.4 Å². The summed E-state index contributed by atoms with van der Waals surface area (Å²) in [6.07, 6.45) is 1.43. The molecule has 0 aromatic heterocycles. The Bertz CT molecular complexity index is 836. The van der Waals surface area contributed by atoms with Crippen molar-refractivity contribution in [1.29, 1.82) is 0 Å². The number of carbonyl (C=O) groups excluding carboxylic acids is 4. The van der Waals surface area contributed by atoms with Gasteiger partial charge in [0.1, 0.15) is 15.3 Å². The minimum Gasteiger partial charge on any atom is -0.426 e. The van der Waals surface area contributed by atoms with E-state index in [1.807, 2.05) is 0 Å². The van der Waals surface area contributed by atoms with Crippen molar-refractivity contribution < 1.29 is 23.9 Å². The summed E-state index contributed by atoms with van der Waals surface area (Å²) in [7, 11) is 0. The molecule has 128 valence electrons. The van der Waals surface area contributed by atoms with Crippen LogP contribution in [0.3, 0.4) is 0 Å². The summed E-state index contributed by atoms with van der Waals surface area (Å²) in [5.41, 5.74) is 0.663. The maximum Gasteiger partial charge on any atom is 0.312 e. The minimum absolute atomic E-state index is 0.208. The fourth-order valence-electron chi connectivity index (χ4n) is 2.09. The van der Waals surface area contributed by atoms with E-state index < -0.39 is 22.4 Å². The Labute approximate surface area is 155 Å². The second-order valence-electron chi connectivity index (χ2n) is 4.99. The van der Waals surface area contributed by atoms with E-state index >= 15 is 0 Å². The standard InChI is InChI=1S/C15H10N2O5S3/c18-11(6-10-12(19)16-14(21)24-10)22-8-3-1-2-7(4-8)5-9-13(20)17-15(23)25-9/h1-5,10H,6H2,(H,16,19,21)(H,17,20,23)/b9-5-. The topological polar surface area (TPSA) is 102 Å². The van der Waals surface area contributed by atoms with E-state index in [4.69, 9.17) is 17.0 Å². The van der Waals surface area contributed by atoms with Crippen molar-refractivity contribution in [2.45, 2.75) is 11.7 Å². The van der Waals surface area contributed by atoms with Crippen LogP contribution in [0.25, 0.3) is 6.08 Å². The van der Waals surface area contributed by atoms with Crippen LogP contribution in [-0.2, 0) is 14.4 Å². The molecule has 2 saturated heterocycles. The van der Waals surface area contributed by atoms with E-state index in [1.165, 1.54) is 0 Å². The molecule has 0 radical (unpaired) electrons. The molecular weight excluding hydrogens is 384 g/mol. The highest BCUT2D eigenvalue weighted by atomic mass is 32.2. The third-order valence-electron chi connectivity index (χ3n) is 3.15. The minimum atomic E-state index is -0.773. The van der Waals surface area contributed by atoms with Crippen molar-refractivity contribution in [3.8, 4) is 5.75 Å². The molecule has 2 aliphatic rings. The first kappa shape index (κ1) is 17.6. The first-order valence-electron chi connectivity index (χ1n) is 6.98. The van der Waals surface area contributed by atoms with Crippen LogP contribution in [0.4, 0.5) is 4.79 Å². The molecule has 1 aromatic rings. The van der Waals surface area contributed by atoms with Crippen LogP contribution in [0.5, 0.6) is 5.75 Å². The highest BCUT2D eigenvalue weighted by molar-refractivity contribution is 8.26. The summed E-state index contributed by atoms with van der Waals surface area (Å²) >= 11 is 6.84. The van der Waals surface area contributed by atoms with Gasteiger partial charge in [0.05, 0.1) is 11.3 Å². The third kappa shape index (κ3) is 4.47. The lowest BCUT2D eigenvalue weighted by atomic mass is 10.2. The van der Waals surface area contributed by atoms with Gasteiger partial charge in [-0.05, 0) is 23.8 Å². The van der Waals surface area contributed by atoms with Gasteiger partial charge in [0.2, 0.25) is 5.91 Å².